The zero-order chi connectivity index (χ0) is 20.8. The summed E-state index contributed by atoms with van der Waals surface area (Å²) in [5, 5.41) is 13.5. The minimum absolute atomic E-state index is 0.0594. The van der Waals surface area contributed by atoms with Crippen molar-refractivity contribution in [1.82, 2.24) is 14.8 Å². The van der Waals surface area contributed by atoms with E-state index in [1.54, 1.807) is 43.0 Å². The number of nitrogens with zero attached hydrogens (tertiary/aromatic N) is 4. The van der Waals surface area contributed by atoms with E-state index in [2.05, 4.69) is 20.7 Å². The molecule has 8 nitrogen and oxygen atoms in total. The second-order valence-corrected chi connectivity index (χ2v) is 7.06. The Morgan fingerprint density at radius 1 is 1.14 bits per heavy atom. The number of aromatic nitrogens is 3. The van der Waals surface area contributed by atoms with E-state index >= 15 is 0 Å². The van der Waals surface area contributed by atoms with Crippen LogP contribution in [-0.4, -0.2) is 40.0 Å². The molecule has 3 aromatic rings. The topological polar surface area (TPSA) is 90.6 Å². The van der Waals surface area contributed by atoms with E-state index in [1.807, 2.05) is 24.3 Å². The predicted molar refractivity (Wildman–Crippen MR) is 113 cm³/mol. The first kappa shape index (κ1) is 20.7. The van der Waals surface area contributed by atoms with Gasteiger partial charge in [0.15, 0.2) is 11.0 Å². The molecule has 0 unspecified atom stereocenters. The van der Waals surface area contributed by atoms with Gasteiger partial charge in [0.25, 0.3) is 0 Å². The lowest BCUT2D eigenvalue weighted by Crippen LogP contribution is -2.15. The average molecular weight is 432 g/mol. The summed E-state index contributed by atoms with van der Waals surface area (Å²) in [5.74, 6) is 0.776. The highest BCUT2D eigenvalue weighted by Crippen LogP contribution is 2.26. The number of methoxy groups -OCH3 is 2. The molecule has 0 fully saturated rings. The van der Waals surface area contributed by atoms with Gasteiger partial charge in [0.1, 0.15) is 5.75 Å². The number of carbonyl (C=O) groups is 1. The summed E-state index contributed by atoms with van der Waals surface area (Å²) < 4.78 is 11.8. The number of hydrazone groups is 1. The SMILES string of the molecule is COC(=O)C(=NNc1ccccc1Cl)Sc1nnc(-c2ccc(OC)cc2)n1C. The number of hydrogen-bond donors (Lipinski definition) is 1. The number of hydrogen-bond acceptors (Lipinski definition) is 8. The zero-order valence-corrected chi connectivity index (χ0v) is 17.5. The van der Waals surface area contributed by atoms with Crippen molar-refractivity contribution in [3.8, 4) is 17.1 Å². The molecule has 0 radical (unpaired) electrons. The minimum Gasteiger partial charge on any atom is -0.497 e. The number of anilines is 1. The van der Waals surface area contributed by atoms with Crippen LogP contribution in [0.2, 0.25) is 5.02 Å². The van der Waals surface area contributed by atoms with Crippen LogP contribution >= 0.6 is 23.4 Å². The van der Waals surface area contributed by atoms with Crippen molar-refractivity contribution in [3.05, 3.63) is 53.6 Å². The number of esters is 1. The Bertz CT molecular complexity index is 1040. The van der Waals surface area contributed by atoms with Gasteiger partial charge in [-0.2, -0.15) is 5.10 Å². The van der Waals surface area contributed by atoms with Gasteiger partial charge in [-0.1, -0.05) is 23.7 Å². The van der Waals surface area contributed by atoms with Crippen LogP contribution in [0, 0.1) is 0 Å². The summed E-state index contributed by atoms with van der Waals surface area (Å²) in [6.45, 7) is 0. The molecule has 0 saturated carbocycles. The Labute approximate surface area is 176 Å². The van der Waals surface area contributed by atoms with Crippen LogP contribution in [-0.2, 0) is 16.6 Å². The third-order valence-corrected chi connectivity index (χ3v) is 5.20. The van der Waals surface area contributed by atoms with Crippen molar-refractivity contribution in [3.63, 3.8) is 0 Å². The summed E-state index contributed by atoms with van der Waals surface area (Å²) in [7, 11) is 4.70. The van der Waals surface area contributed by atoms with Crippen LogP contribution in [0.1, 0.15) is 0 Å². The molecule has 0 aliphatic rings. The maximum Gasteiger partial charge on any atom is 0.365 e. The first-order valence-corrected chi connectivity index (χ1v) is 9.61. The van der Waals surface area contributed by atoms with Crippen LogP contribution in [0.4, 0.5) is 5.69 Å². The van der Waals surface area contributed by atoms with Crippen LogP contribution in [0.25, 0.3) is 11.4 Å². The second-order valence-electron chi connectivity index (χ2n) is 5.70. The maximum absolute atomic E-state index is 12.2. The molecule has 150 valence electrons. The maximum atomic E-state index is 12.2. The van der Waals surface area contributed by atoms with Gasteiger partial charge in [0.05, 0.1) is 24.9 Å². The van der Waals surface area contributed by atoms with Crippen LogP contribution < -0.4 is 10.2 Å². The van der Waals surface area contributed by atoms with E-state index in [-0.39, 0.29) is 5.04 Å². The molecule has 1 heterocycles. The van der Waals surface area contributed by atoms with Crippen LogP contribution in [0.5, 0.6) is 5.75 Å². The van der Waals surface area contributed by atoms with E-state index in [4.69, 9.17) is 21.1 Å². The average Bonchev–Trinajstić information content (AvgIpc) is 3.11. The third-order valence-electron chi connectivity index (χ3n) is 3.88. The molecule has 10 heteroatoms. The highest BCUT2D eigenvalue weighted by atomic mass is 35.5. The molecule has 0 aliphatic carbocycles. The molecule has 0 bridgehead atoms. The molecule has 0 aliphatic heterocycles. The van der Waals surface area contributed by atoms with Crippen molar-refractivity contribution in [1.29, 1.82) is 0 Å². The number of nitrogens with one attached hydrogen (secondary N) is 1. The van der Waals surface area contributed by atoms with Gasteiger partial charge in [-0.25, -0.2) is 4.79 Å². The fraction of sp³-hybridized carbons (Fsp3) is 0.158. The monoisotopic (exact) mass is 431 g/mol. The fourth-order valence-electron chi connectivity index (χ4n) is 2.34. The lowest BCUT2D eigenvalue weighted by Gasteiger charge is -2.07. The predicted octanol–water partition coefficient (Wildman–Crippen LogP) is 3.83. The quantitative estimate of drug-likeness (QED) is 0.216. The number of benzene rings is 2. The Kier molecular flexibility index (Phi) is 6.73. The van der Waals surface area contributed by atoms with Gasteiger partial charge in [-0.05, 0) is 48.2 Å². The molecule has 29 heavy (non-hydrogen) atoms. The normalized spacial score (nSPS) is 11.2. The van der Waals surface area contributed by atoms with E-state index < -0.39 is 5.97 Å². The largest absolute Gasteiger partial charge is 0.497 e. The first-order chi connectivity index (χ1) is 14.0. The minimum atomic E-state index is -0.608. The zero-order valence-electron chi connectivity index (χ0n) is 15.9. The van der Waals surface area contributed by atoms with Crippen molar-refractivity contribution >= 4 is 40.1 Å². The van der Waals surface area contributed by atoms with Gasteiger partial charge >= 0.3 is 5.97 Å². The molecule has 2 aromatic carbocycles. The first-order valence-electron chi connectivity index (χ1n) is 8.41. The highest BCUT2D eigenvalue weighted by Gasteiger charge is 2.20. The van der Waals surface area contributed by atoms with Gasteiger partial charge < -0.3 is 14.0 Å². The molecular formula is C19H18ClN5O3S. The Balaban J connectivity index is 1.84. The molecule has 0 amide bonds. The lowest BCUT2D eigenvalue weighted by atomic mass is 10.2. The fourth-order valence-corrected chi connectivity index (χ4v) is 3.26. The van der Waals surface area contributed by atoms with E-state index in [1.165, 1.54) is 7.11 Å². The summed E-state index contributed by atoms with van der Waals surface area (Å²) in [6, 6.07) is 14.5. The number of carbonyl (C=O) groups excluding carboxylic acids is 1. The Morgan fingerprint density at radius 2 is 1.86 bits per heavy atom. The summed E-state index contributed by atoms with van der Waals surface area (Å²) in [4.78, 5) is 12.2. The molecule has 0 atom stereocenters. The number of thioether (sulfide) groups is 1. The highest BCUT2D eigenvalue weighted by molar-refractivity contribution is 8.15. The number of rotatable bonds is 5. The molecule has 0 spiro atoms. The summed E-state index contributed by atoms with van der Waals surface area (Å²) in [6.07, 6.45) is 0. The number of halogens is 1. The van der Waals surface area contributed by atoms with Crippen molar-refractivity contribution in [2.45, 2.75) is 5.16 Å². The van der Waals surface area contributed by atoms with Gasteiger partial charge in [-0.3, -0.25) is 5.43 Å². The standard InChI is InChI=1S/C19H18ClN5O3S/c1-25-16(12-8-10-13(27-2)11-9-12)22-24-19(25)29-17(18(26)28-3)23-21-15-7-5-4-6-14(15)20/h4-11,21H,1-3H3. The van der Waals surface area contributed by atoms with Crippen molar-refractivity contribution in [2.75, 3.05) is 19.6 Å². The smallest absolute Gasteiger partial charge is 0.365 e. The van der Waals surface area contributed by atoms with Gasteiger partial charge in [0, 0.05) is 12.6 Å². The van der Waals surface area contributed by atoms with Crippen LogP contribution in [0.15, 0.2) is 58.8 Å². The number of ether oxygens (including phenoxy) is 2. The molecule has 3 rings (SSSR count). The number of para-hydroxylation sites is 1. The third kappa shape index (κ3) is 4.87. The second kappa shape index (κ2) is 9.44. The summed E-state index contributed by atoms with van der Waals surface area (Å²) >= 11 is 7.14. The molecule has 0 saturated heterocycles. The van der Waals surface area contributed by atoms with Crippen LogP contribution in [0.3, 0.4) is 0 Å². The van der Waals surface area contributed by atoms with Gasteiger partial charge in [-0.15, -0.1) is 10.2 Å². The molecule has 1 N–H and O–H groups in total. The molecule has 1 aromatic heterocycles. The summed E-state index contributed by atoms with van der Waals surface area (Å²) in [5.41, 5.74) is 4.20. The Morgan fingerprint density at radius 3 is 2.52 bits per heavy atom. The van der Waals surface area contributed by atoms with E-state index in [9.17, 15) is 4.79 Å². The van der Waals surface area contributed by atoms with E-state index in [0.717, 1.165) is 23.1 Å². The Hall–Kier alpha value is -3.04. The van der Waals surface area contributed by atoms with Crippen molar-refractivity contribution in [2.24, 2.45) is 12.1 Å². The van der Waals surface area contributed by atoms with Gasteiger partial charge in [0.2, 0.25) is 5.04 Å². The lowest BCUT2D eigenvalue weighted by molar-refractivity contribution is -0.132. The molecular weight excluding hydrogens is 414 g/mol. The van der Waals surface area contributed by atoms with E-state index in [0.29, 0.717) is 21.7 Å². The van der Waals surface area contributed by atoms with Crippen molar-refractivity contribution < 1.29 is 14.3 Å².